The van der Waals surface area contributed by atoms with E-state index in [0.29, 0.717) is 0 Å². The first-order valence-corrected chi connectivity index (χ1v) is 3.90. The summed E-state index contributed by atoms with van der Waals surface area (Å²) >= 11 is 1.60. The molecule has 2 heteroatoms. The van der Waals surface area contributed by atoms with Gasteiger partial charge in [-0.3, -0.25) is 0 Å². The molecule has 0 saturated heterocycles. The van der Waals surface area contributed by atoms with Gasteiger partial charge in [0.1, 0.15) is 0 Å². The standard InChI is InChI=1S/C4H11AsO/c1-2-4(6)3-5/h4,6H,2-3,5H2,1H3. The fraction of sp³-hybridized carbons (Fsp3) is 1.00. The Bertz CT molecular complexity index is 26.7. The van der Waals surface area contributed by atoms with Gasteiger partial charge in [-0.1, -0.05) is 0 Å². The van der Waals surface area contributed by atoms with Gasteiger partial charge in [0.2, 0.25) is 0 Å². The average Bonchev–Trinajstić information content (AvgIpc) is 1.65. The van der Waals surface area contributed by atoms with Gasteiger partial charge in [0, 0.05) is 0 Å². The Labute approximate surface area is 47.2 Å². The van der Waals surface area contributed by atoms with Crippen LogP contribution in [0.15, 0.2) is 0 Å². The van der Waals surface area contributed by atoms with E-state index in [1.54, 1.807) is 16.9 Å². The second kappa shape index (κ2) is 3.70. The summed E-state index contributed by atoms with van der Waals surface area (Å²) < 4.78 is 0. The van der Waals surface area contributed by atoms with Gasteiger partial charge in [0.25, 0.3) is 0 Å². The molecule has 0 spiro atoms. The zero-order chi connectivity index (χ0) is 4.99. The predicted octanol–water partition coefficient (Wildman–Crippen LogP) is -0.191. The van der Waals surface area contributed by atoms with Crippen molar-refractivity contribution in [1.29, 1.82) is 0 Å². The van der Waals surface area contributed by atoms with Gasteiger partial charge in [0.15, 0.2) is 0 Å². The van der Waals surface area contributed by atoms with Gasteiger partial charge in [0.05, 0.1) is 0 Å². The van der Waals surface area contributed by atoms with Crippen molar-refractivity contribution in [2.45, 2.75) is 24.7 Å². The number of hydrogen-bond acceptors (Lipinski definition) is 1. The Morgan fingerprint density at radius 2 is 2.33 bits per heavy atom. The summed E-state index contributed by atoms with van der Waals surface area (Å²) in [7, 11) is 0. The van der Waals surface area contributed by atoms with Gasteiger partial charge in [-0.15, -0.1) is 0 Å². The second-order valence-corrected chi connectivity index (χ2v) is 2.29. The first-order valence-electron chi connectivity index (χ1n) is 2.19. The molecule has 0 radical (unpaired) electrons. The van der Waals surface area contributed by atoms with Gasteiger partial charge in [-0.25, -0.2) is 0 Å². The SMILES string of the molecule is CCC(O)C[AsH2]. The Balaban J connectivity index is 2.75. The number of aliphatic hydroxyl groups is 1. The van der Waals surface area contributed by atoms with E-state index in [4.69, 9.17) is 5.11 Å². The topological polar surface area (TPSA) is 20.2 Å². The van der Waals surface area contributed by atoms with Crippen molar-refractivity contribution >= 4 is 16.9 Å². The molecule has 2 atom stereocenters. The summed E-state index contributed by atoms with van der Waals surface area (Å²) in [6, 6.07) is 0. The molecule has 0 fully saturated rings. The molecule has 2 unspecified atom stereocenters. The summed E-state index contributed by atoms with van der Waals surface area (Å²) in [6.45, 7) is 1.99. The molecule has 0 aliphatic rings. The predicted molar refractivity (Wildman–Crippen MR) is 29.6 cm³/mol. The maximum atomic E-state index is 8.68. The molecular weight excluding hydrogens is 139 g/mol. The molecule has 0 aliphatic carbocycles. The van der Waals surface area contributed by atoms with Crippen molar-refractivity contribution in [3.8, 4) is 0 Å². The van der Waals surface area contributed by atoms with Crippen LogP contribution in [0, 0.1) is 0 Å². The molecule has 0 bridgehead atoms. The van der Waals surface area contributed by atoms with E-state index in [-0.39, 0.29) is 6.10 Å². The molecular formula is C4H11AsO. The Morgan fingerprint density at radius 3 is 2.33 bits per heavy atom. The fourth-order valence-corrected chi connectivity index (χ4v) is 0.866. The van der Waals surface area contributed by atoms with E-state index in [9.17, 15) is 0 Å². The van der Waals surface area contributed by atoms with Crippen molar-refractivity contribution in [2.75, 3.05) is 0 Å². The van der Waals surface area contributed by atoms with Crippen LogP contribution >= 0.6 is 0 Å². The fourth-order valence-electron chi connectivity index (χ4n) is 0.167. The molecule has 0 aromatic carbocycles. The van der Waals surface area contributed by atoms with E-state index in [1.165, 1.54) is 0 Å². The monoisotopic (exact) mass is 150 g/mol. The Hall–Kier alpha value is 0.518. The molecule has 38 valence electrons. The van der Waals surface area contributed by atoms with Crippen LogP contribution < -0.4 is 0 Å². The van der Waals surface area contributed by atoms with Crippen LogP contribution in [0.25, 0.3) is 0 Å². The normalized spacial score (nSPS) is 14.5. The summed E-state index contributed by atoms with van der Waals surface area (Å²) in [5.41, 5.74) is 0. The van der Waals surface area contributed by atoms with Crippen LogP contribution in [-0.2, 0) is 0 Å². The molecule has 0 aromatic rings. The number of rotatable bonds is 2. The summed E-state index contributed by atoms with van der Waals surface area (Å²) in [4.78, 5) is 0. The molecule has 0 heterocycles. The van der Waals surface area contributed by atoms with Crippen LogP contribution in [0.5, 0.6) is 0 Å². The van der Waals surface area contributed by atoms with Gasteiger partial charge in [-0.05, 0) is 0 Å². The minimum atomic E-state index is -0.0370. The third-order valence-corrected chi connectivity index (χ3v) is 1.88. The Morgan fingerprint density at radius 1 is 1.83 bits per heavy atom. The first-order chi connectivity index (χ1) is 2.81. The van der Waals surface area contributed by atoms with Crippen molar-refractivity contribution in [3.63, 3.8) is 0 Å². The minimum absolute atomic E-state index is 0.0370. The van der Waals surface area contributed by atoms with E-state index < -0.39 is 0 Å². The summed E-state index contributed by atoms with van der Waals surface area (Å²) in [5, 5.41) is 9.63. The zero-order valence-electron chi connectivity index (χ0n) is 4.02. The average molecular weight is 150 g/mol. The van der Waals surface area contributed by atoms with Crippen molar-refractivity contribution in [3.05, 3.63) is 0 Å². The van der Waals surface area contributed by atoms with E-state index in [2.05, 4.69) is 0 Å². The van der Waals surface area contributed by atoms with Crippen LogP contribution in [0.4, 0.5) is 0 Å². The van der Waals surface area contributed by atoms with Crippen LogP contribution in [0.3, 0.4) is 0 Å². The zero-order valence-corrected chi connectivity index (χ0v) is 6.44. The summed E-state index contributed by atoms with van der Waals surface area (Å²) in [5.74, 6) is 0. The third-order valence-electron chi connectivity index (χ3n) is 0.743. The molecule has 1 N–H and O–H groups in total. The molecule has 0 aliphatic heterocycles. The van der Waals surface area contributed by atoms with Crippen molar-refractivity contribution < 1.29 is 5.11 Å². The number of aliphatic hydroxyl groups excluding tert-OH is 1. The van der Waals surface area contributed by atoms with Gasteiger partial charge < -0.3 is 0 Å². The maximum absolute atomic E-state index is 8.68. The molecule has 6 heavy (non-hydrogen) atoms. The molecule has 0 rings (SSSR count). The van der Waals surface area contributed by atoms with Crippen molar-refractivity contribution in [1.82, 2.24) is 0 Å². The second-order valence-electron chi connectivity index (χ2n) is 1.30. The van der Waals surface area contributed by atoms with Crippen molar-refractivity contribution in [2.24, 2.45) is 0 Å². The van der Waals surface area contributed by atoms with Crippen LogP contribution in [0.1, 0.15) is 13.3 Å². The third kappa shape index (κ3) is 2.74. The van der Waals surface area contributed by atoms with Crippen LogP contribution in [0.2, 0.25) is 5.21 Å². The Kier molecular flexibility index (Phi) is 4.02. The van der Waals surface area contributed by atoms with E-state index >= 15 is 0 Å². The molecule has 0 amide bonds. The quantitative estimate of drug-likeness (QED) is 0.541. The van der Waals surface area contributed by atoms with E-state index in [0.717, 1.165) is 11.6 Å². The van der Waals surface area contributed by atoms with Crippen LogP contribution in [-0.4, -0.2) is 28.1 Å². The van der Waals surface area contributed by atoms with Gasteiger partial charge in [-0.2, -0.15) is 0 Å². The number of hydrogen-bond donors (Lipinski definition) is 1. The summed E-state index contributed by atoms with van der Waals surface area (Å²) in [6.07, 6.45) is 0.864. The molecule has 0 aromatic heterocycles. The first kappa shape index (κ1) is 6.52. The van der Waals surface area contributed by atoms with E-state index in [1.807, 2.05) is 6.92 Å². The molecule has 0 saturated carbocycles. The molecule has 1 nitrogen and oxygen atoms in total. The van der Waals surface area contributed by atoms with Gasteiger partial charge >= 0.3 is 46.6 Å².